The first-order valence-corrected chi connectivity index (χ1v) is 15.6. The van der Waals surface area contributed by atoms with Gasteiger partial charge >= 0.3 is 251 Å². The molecule has 2 aliphatic carbocycles. The minimum Gasteiger partial charge on any atom is -1.00 e. The molecule has 0 heterocycles. The molecule has 0 fully saturated rings. The van der Waals surface area contributed by atoms with E-state index in [2.05, 4.69) is 139 Å². The summed E-state index contributed by atoms with van der Waals surface area (Å²) in [5.41, 5.74) is 17.4. The average molecular weight is 656 g/mol. The number of hydrogen-bond acceptors (Lipinski definition) is 0. The van der Waals surface area contributed by atoms with Crippen LogP contribution in [0.1, 0.15) is 78.9 Å². The van der Waals surface area contributed by atoms with Crippen molar-refractivity contribution < 1.29 is 49.5 Å². The van der Waals surface area contributed by atoms with E-state index < -0.39 is 0 Å². The molecular weight excluding hydrogens is 619 g/mol. The standard InChI is InChI=1S/C38H37.2ClH.Zr/c1-24(2)33-23-28-14-10-16-31(27-18-20-29(21-19-27)38(4,5)6)36(28)37(33)35-25(3)22-34-30(15-11-17-32(34)35)26-12-8-7-9-13-26;;;/h7-24,35H,1-6H3;2*1H;/q;;;+2/p-2. The number of fused-ring (bicyclic) bond motifs is 2. The molecule has 0 radical (unpaired) electrons. The van der Waals surface area contributed by atoms with Crippen molar-refractivity contribution in [1.82, 2.24) is 0 Å². The van der Waals surface area contributed by atoms with Gasteiger partial charge in [0, 0.05) is 0 Å². The van der Waals surface area contributed by atoms with E-state index in [1.165, 1.54) is 55.6 Å². The Bertz CT molecular complexity index is 1620. The molecule has 0 saturated heterocycles. The first kappa shape index (κ1) is 31.8. The van der Waals surface area contributed by atoms with Gasteiger partial charge in [0.1, 0.15) is 0 Å². The Balaban J connectivity index is 0.00000194. The third kappa shape index (κ3) is 5.51. The Kier molecular flexibility index (Phi) is 9.45. The largest absolute Gasteiger partial charge is 1.00 e. The maximum atomic E-state index is 2.46. The maximum Gasteiger partial charge on any atom is -1.00 e. The van der Waals surface area contributed by atoms with Crippen molar-refractivity contribution in [1.29, 1.82) is 0 Å². The second-order valence-electron chi connectivity index (χ2n) is 12.5. The fraction of sp³-hybridized carbons (Fsp3) is 0.263. The molecule has 0 aromatic heterocycles. The number of rotatable bonds is 4. The van der Waals surface area contributed by atoms with Gasteiger partial charge in [-0.1, -0.05) is 0 Å². The Morgan fingerprint density at radius 2 is 1.27 bits per heavy atom. The third-order valence-corrected chi connectivity index (χ3v) is 10.2. The van der Waals surface area contributed by atoms with Crippen molar-refractivity contribution in [3.8, 4) is 22.3 Å². The summed E-state index contributed by atoms with van der Waals surface area (Å²) in [6, 6.07) is 34.2. The molecule has 4 aromatic rings. The molecule has 3 heteroatoms. The van der Waals surface area contributed by atoms with E-state index in [-0.39, 0.29) is 30.2 Å². The molecule has 207 valence electrons. The second-order valence-corrected chi connectivity index (χ2v) is 14.0. The SMILES string of the molecule is CC1=Cc2c(-c3ccccc3)cccc2C1C1=C(C(C)C)[CH]([Zr+2])c2cccc(-c3ccc(C(C)(C)C)cc3)c21.[Cl-].[Cl-]. The molecule has 0 N–H and O–H groups in total. The average Bonchev–Trinajstić information content (AvgIpc) is 3.41. The van der Waals surface area contributed by atoms with Crippen LogP contribution in [0.3, 0.4) is 0 Å². The summed E-state index contributed by atoms with van der Waals surface area (Å²) < 4.78 is 0.505. The Labute approximate surface area is 274 Å². The summed E-state index contributed by atoms with van der Waals surface area (Å²) in [5.74, 6) is 0.794. The van der Waals surface area contributed by atoms with Crippen LogP contribution in [0.5, 0.6) is 0 Å². The molecule has 2 aliphatic rings. The van der Waals surface area contributed by atoms with Crippen molar-refractivity contribution in [2.24, 2.45) is 5.92 Å². The zero-order valence-corrected chi connectivity index (χ0v) is 28.7. The Morgan fingerprint density at radius 1 is 0.683 bits per heavy atom. The molecule has 2 atom stereocenters. The van der Waals surface area contributed by atoms with Gasteiger partial charge in [-0.2, -0.15) is 0 Å². The molecule has 0 saturated carbocycles. The smallest absolute Gasteiger partial charge is 1.00 e. The summed E-state index contributed by atoms with van der Waals surface area (Å²) in [5, 5.41) is 0. The zero-order valence-electron chi connectivity index (χ0n) is 24.7. The molecule has 0 bridgehead atoms. The zero-order chi connectivity index (χ0) is 27.5. The second kappa shape index (κ2) is 12.2. The van der Waals surface area contributed by atoms with E-state index in [9.17, 15) is 0 Å². The maximum absolute atomic E-state index is 2.46. The van der Waals surface area contributed by atoms with Crippen LogP contribution in [-0.4, -0.2) is 0 Å². The van der Waals surface area contributed by atoms with Gasteiger partial charge in [0.15, 0.2) is 0 Å². The Hall–Kier alpha value is -2.18. The van der Waals surface area contributed by atoms with Gasteiger partial charge in [-0.15, -0.1) is 0 Å². The van der Waals surface area contributed by atoms with Crippen molar-refractivity contribution in [3.63, 3.8) is 0 Å². The van der Waals surface area contributed by atoms with Crippen molar-refractivity contribution >= 4 is 11.6 Å². The summed E-state index contributed by atoms with van der Waals surface area (Å²) in [6.45, 7) is 14.0. The minimum atomic E-state index is 0. The summed E-state index contributed by atoms with van der Waals surface area (Å²) in [4.78, 5) is 0. The van der Waals surface area contributed by atoms with Gasteiger partial charge in [0.2, 0.25) is 0 Å². The summed E-state index contributed by atoms with van der Waals surface area (Å²) >= 11 is 1.58. The number of hydrogen-bond donors (Lipinski definition) is 0. The predicted octanol–water partition coefficient (Wildman–Crippen LogP) is 4.54. The molecule has 41 heavy (non-hydrogen) atoms. The van der Waals surface area contributed by atoms with Crippen LogP contribution < -0.4 is 24.8 Å². The number of benzene rings is 4. The van der Waals surface area contributed by atoms with E-state index in [0.717, 1.165) is 0 Å². The van der Waals surface area contributed by atoms with Crippen LogP contribution in [0.4, 0.5) is 0 Å². The van der Waals surface area contributed by atoms with Crippen molar-refractivity contribution in [2.45, 2.75) is 56.5 Å². The van der Waals surface area contributed by atoms with Gasteiger partial charge in [-0.3, -0.25) is 0 Å². The van der Waals surface area contributed by atoms with Crippen LogP contribution in [0.15, 0.2) is 102 Å². The third-order valence-electron chi connectivity index (χ3n) is 8.63. The quantitative estimate of drug-likeness (QED) is 0.303. The monoisotopic (exact) mass is 653 g/mol. The van der Waals surface area contributed by atoms with Crippen LogP contribution in [0, 0.1) is 5.92 Å². The minimum absolute atomic E-state index is 0. The molecule has 2 unspecified atom stereocenters. The van der Waals surface area contributed by atoms with Gasteiger partial charge in [-0.05, 0) is 0 Å². The van der Waals surface area contributed by atoms with Crippen molar-refractivity contribution in [3.05, 3.63) is 130 Å². The van der Waals surface area contributed by atoms with Crippen LogP contribution in [0.2, 0.25) is 0 Å². The predicted molar refractivity (Wildman–Crippen MR) is 163 cm³/mol. The Morgan fingerprint density at radius 3 is 1.88 bits per heavy atom. The topological polar surface area (TPSA) is 0 Å². The molecule has 0 spiro atoms. The van der Waals surface area contributed by atoms with Gasteiger partial charge in [0.25, 0.3) is 0 Å². The van der Waals surface area contributed by atoms with Crippen LogP contribution >= 0.6 is 0 Å². The van der Waals surface area contributed by atoms with E-state index in [0.29, 0.717) is 15.5 Å². The first-order chi connectivity index (χ1) is 18.7. The van der Waals surface area contributed by atoms with E-state index >= 15 is 0 Å². The molecule has 0 aliphatic heterocycles. The molecule has 4 aromatic carbocycles. The molecular formula is C38H37Cl2Zr. The molecule has 0 amide bonds. The summed E-state index contributed by atoms with van der Waals surface area (Å²) in [7, 11) is 0. The first-order valence-electron chi connectivity index (χ1n) is 14.2. The number of halogens is 2. The van der Waals surface area contributed by atoms with Crippen molar-refractivity contribution in [2.75, 3.05) is 0 Å². The molecule has 6 rings (SSSR count). The number of allylic oxidation sites excluding steroid dienone is 3. The summed E-state index contributed by atoms with van der Waals surface area (Å²) in [6.07, 6.45) is 2.46. The fourth-order valence-electron chi connectivity index (χ4n) is 6.73. The van der Waals surface area contributed by atoms with E-state index in [1.54, 1.807) is 35.9 Å². The van der Waals surface area contributed by atoms with Gasteiger partial charge < -0.3 is 24.8 Å². The van der Waals surface area contributed by atoms with E-state index in [1.807, 2.05) is 0 Å². The van der Waals surface area contributed by atoms with Gasteiger partial charge in [-0.25, -0.2) is 0 Å². The van der Waals surface area contributed by atoms with Crippen LogP contribution in [-0.2, 0) is 30.1 Å². The normalized spacial score (nSPS) is 17.5. The van der Waals surface area contributed by atoms with Gasteiger partial charge in [0.05, 0.1) is 0 Å². The fourth-order valence-corrected chi connectivity index (χ4v) is 8.52. The molecule has 0 nitrogen and oxygen atoms in total. The van der Waals surface area contributed by atoms with Crippen LogP contribution in [0.25, 0.3) is 33.9 Å². The van der Waals surface area contributed by atoms with E-state index in [4.69, 9.17) is 0 Å².